The van der Waals surface area contributed by atoms with Crippen LogP contribution < -0.4 is 5.32 Å². The average molecular weight is 230 g/mol. The summed E-state index contributed by atoms with van der Waals surface area (Å²) in [6.45, 7) is 5.03. The van der Waals surface area contributed by atoms with E-state index in [2.05, 4.69) is 53.6 Å². The summed E-state index contributed by atoms with van der Waals surface area (Å²) in [5.74, 6) is 0.956. The molecule has 1 N–H and O–H groups in total. The van der Waals surface area contributed by atoms with Crippen LogP contribution in [0.4, 0.5) is 0 Å². The minimum Gasteiger partial charge on any atom is -0.319 e. The second-order valence-corrected chi connectivity index (χ2v) is 4.39. The van der Waals surface area contributed by atoms with Crippen LogP contribution in [0.5, 0.6) is 0 Å². The van der Waals surface area contributed by atoms with E-state index in [0.29, 0.717) is 0 Å². The highest BCUT2D eigenvalue weighted by Crippen LogP contribution is 2.09. The molecule has 1 atom stereocenters. The summed E-state index contributed by atoms with van der Waals surface area (Å²) in [6.07, 6.45) is 1.72. The lowest BCUT2D eigenvalue weighted by Crippen LogP contribution is -2.21. The van der Waals surface area contributed by atoms with Crippen LogP contribution in [-0.4, -0.2) is 14.8 Å². The van der Waals surface area contributed by atoms with Crippen molar-refractivity contribution in [2.24, 2.45) is 7.05 Å². The Morgan fingerprint density at radius 2 is 2.00 bits per heavy atom. The number of aromatic nitrogens is 3. The Morgan fingerprint density at radius 3 is 2.59 bits per heavy atom. The van der Waals surface area contributed by atoms with Gasteiger partial charge in [0.05, 0.1) is 6.04 Å². The van der Waals surface area contributed by atoms with Crippen LogP contribution in [-0.2, 0) is 13.6 Å². The summed E-state index contributed by atoms with van der Waals surface area (Å²) in [4.78, 5) is 0. The van der Waals surface area contributed by atoms with Gasteiger partial charge in [-0.1, -0.05) is 29.8 Å². The fourth-order valence-electron chi connectivity index (χ4n) is 1.75. The minimum atomic E-state index is 0.198. The maximum Gasteiger partial charge on any atom is 0.149 e. The zero-order chi connectivity index (χ0) is 12.3. The summed E-state index contributed by atoms with van der Waals surface area (Å²) >= 11 is 0. The lowest BCUT2D eigenvalue weighted by molar-refractivity contribution is 0.528. The molecule has 0 saturated carbocycles. The first-order valence-electron chi connectivity index (χ1n) is 5.79. The molecule has 2 rings (SSSR count). The molecule has 0 aliphatic rings. The van der Waals surface area contributed by atoms with Gasteiger partial charge in [-0.15, -0.1) is 10.2 Å². The SMILES string of the molecule is Cc1ccc(CNC(C)c2nncn2C)cc1. The summed E-state index contributed by atoms with van der Waals surface area (Å²) in [5.41, 5.74) is 2.57. The third-order valence-electron chi connectivity index (χ3n) is 2.87. The van der Waals surface area contributed by atoms with Crippen LogP contribution in [0, 0.1) is 6.92 Å². The van der Waals surface area contributed by atoms with Gasteiger partial charge >= 0.3 is 0 Å². The molecule has 0 saturated heterocycles. The predicted octanol–water partition coefficient (Wildman–Crippen LogP) is 1.97. The van der Waals surface area contributed by atoms with E-state index in [4.69, 9.17) is 0 Å². The van der Waals surface area contributed by atoms with E-state index in [-0.39, 0.29) is 6.04 Å². The molecule has 0 spiro atoms. The predicted molar refractivity (Wildman–Crippen MR) is 67.4 cm³/mol. The van der Waals surface area contributed by atoms with E-state index < -0.39 is 0 Å². The Hall–Kier alpha value is -1.68. The van der Waals surface area contributed by atoms with Gasteiger partial charge in [0.1, 0.15) is 12.2 Å². The van der Waals surface area contributed by atoms with Gasteiger partial charge in [0.15, 0.2) is 0 Å². The van der Waals surface area contributed by atoms with Crippen LogP contribution in [0.1, 0.15) is 29.9 Å². The van der Waals surface area contributed by atoms with Crippen LogP contribution >= 0.6 is 0 Å². The topological polar surface area (TPSA) is 42.7 Å². The number of benzene rings is 1. The van der Waals surface area contributed by atoms with Gasteiger partial charge in [-0.2, -0.15) is 0 Å². The van der Waals surface area contributed by atoms with Gasteiger partial charge in [-0.3, -0.25) is 0 Å². The molecule has 2 aromatic rings. The molecule has 0 fully saturated rings. The molecule has 4 nitrogen and oxygen atoms in total. The van der Waals surface area contributed by atoms with Gasteiger partial charge in [0.2, 0.25) is 0 Å². The first kappa shape index (κ1) is 11.8. The minimum absolute atomic E-state index is 0.198. The Kier molecular flexibility index (Phi) is 3.54. The molecule has 1 aromatic carbocycles. The molecule has 0 aliphatic heterocycles. The number of nitrogens with one attached hydrogen (secondary N) is 1. The van der Waals surface area contributed by atoms with Crippen LogP contribution in [0.25, 0.3) is 0 Å². The van der Waals surface area contributed by atoms with Gasteiger partial charge in [0.25, 0.3) is 0 Å². The lowest BCUT2D eigenvalue weighted by atomic mass is 10.1. The molecule has 4 heteroatoms. The zero-order valence-electron chi connectivity index (χ0n) is 10.5. The fourth-order valence-corrected chi connectivity index (χ4v) is 1.75. The number of hydrogen-bond donors (Lipinski definition) is 1. The van der Waals surface area contributed by atoms with Crippen molar-refractivity contribution in [2.45, 2.75) is 26.4 Å². The number of hydrogen-bond acceptors (Lipinski definition) is 3. The molecule has 0 amide bonds. The Bertz CT molecular complexity index is 472. The Labute approximate surface area is 102 Å². The summed E-state index contributed by atoms with van der Waals surface area (Å²) < 4.78 is 1.94. The number of rotatable bonds is 4. The van der Waals surface area contributed by atoms with Crippen molar-refractivity contribution in [1.82, 2.24) is 20.1 Å². The molecule has 0 radical (unpaired) electrons. The second kappa shape index (κ2) is 5.10. The molecule has 1 aromatic heterocycles. The molecule has 0 aliphatic carbocycles. The highest BCUT2D eigenvalue weighted by Gasteiger charge is 2.10. The van der Waals surface area contributed by atoms with Crippen LogP contribution in [0.15, 0.2) is 30.6 Å². The summed E-state index contributed by atoms with van der Waals surface area (Å²) in [7, 11) is 1.96. The molecule has 1 heterocycles. The maximum absolute atomic E-state index is 4.09. The Morgan fingerprint density at radius 1 is 1.29 bits per heavy atom. The van der Waals surface area contributed by atoms with Gasteiger partial charge in [-0.05, 0) is 19.4 Å². The standard InChI is InChI=1S/C13H18N4/c1-10-4-6-12(7-5-10)8-14-11(2)13-16-15-9-17(13)3/h4-7,9,11,14H,8H2,1-3H3. The molecule has 90 valence electrons. The normalized spacial score (nSPS) is 12.6. The van der Waals surface area contributed by atoms with Gasteiger partial charge in [-0.25, -0.2) is 0 Å². The largest absolute Gasteiger partial charge is 0.319 e. The summed E-state index contributed by atoms with van der Waals surface area (Å²) in [6, 6.07) is 8.75. The molecular formula is C13H18N4. The van der Waals surface area contributed by atoms with Gasteiger partial charge in [0, 0.05) is 13.6 Å². The number of aryl methyl sites for hydroxylation is 2. The molecule has 0 bridgehead atoms. The summed E-state index contributed by atoms with van der Waals surface area (Å²) in [5, 5.41) is 11.4. The van der Waals surface area contributed by atoms with E-state index in [1.165, 1.54) is 11.1 Å². The third-order valence-corrected chi connectivity index (χ3v) is 2.87. The van der Waals surface area contributed by atoms with Crippen molar-refractivity contribution >= 4 is 0 Å². The van der Waals surface area contributed by atoms with Crippen molar-refractivity contribution in [3.8, 4) is 0 Å². The fraction of sp³-hybridized carbons (Fsp3) is 0.385. The van der Waals surface area contributed by atoms with E-state index in [0.717, 1.165) is 12.4 Å². The first-order chi connectivity index (χ1) is 8.16. The molecule has 1 unspecified atom stereocenters. The lowest BCUT2D eigenvalue weighted by Gasteiger charge is -2.12. The monoisotopic (exact) mass is 230 g/mol. The highest BCUT2D eigenvalue weighted by atomic mass is 15.3. The van der Waals surface area contributed by atoms with E-state index >= 15 is 0 Å². The van der Waals surface area contributed by atoms with Crippen molar-refractivity contribution in [2.75, 3.05) is 0 Å². The van der Waals surface area contributed by atoms with E-state index in [1.807, 2.05) is 11.6 Å². The third kappa shape index (κ3) is 2.91. The smallest absolute Gasteiger partial charge is 0.149 e. The van der Waals surface area contributed by atoms with Crippen molar-refractivity contribution in [3.05, 3.63) is 47.5 Å². The van der Waals surface area contributed by atoms with Crippen LogP contribution in [0.3, 0.4) is 0 Å². The first-order valence-corrected chi connectivity index (χ1v) is 5.79. The molecular weight excluding hydrogens is 212 g/mol. The molecule has 17 heavy (non-hydrogen) atoms. The Balaban J connectivity index is 1.94. The maximum atomic E-state index is 4.09. The van der Waals surface area contributed by atoms with Crippen molar-refractivity contribution in [1.29, 1.82) is 0 Å². The quantitative estimate of drug-likeness (QED) is 0.873. The highest BCUT2D eigenvalue weighted by molar-refractivity contribution is 5.21. The van der Waals surface area contributed by atoms with E-state index in [9.17, 15) is 0 Å². The second-order valence-electron chi connectivity index (χ2n) is 4.39. The average Bonchev–Trinajstić information content (AvgIpc) is 2.74. The van der Waals surface area contributed by atoms with Crippen molar-refractivity contribution < 1.29 is 0 Å². The van der Waals surface area contributed by atoms with Crippen LogP contribution in [0.2, 0.25) is 0 Å². The van der Waals surface area contributed by atoms with Crippen molar-refractivity contribution in [3.63, 3.8) is 0 Å². The number of nitrogens with zero attached hydrogens (tertiary/aromatic N) is 3. The van der Waals surface area contributed by atoms with Gasteiger partial charge < -0.3 is 9.88 Å². The zero-order valence-corrected chi connectivity index (χ0v) is 10.5. The van der Waals surface area contributed by atoms with E-state index in [1.54, 1.807) is 6.33 Å².